The summed E-state index contributed by atoms with van der Waals surface area (Å²) in [7, 11) is 0. The largest absolute Gasteiger partial charge is 0.450 e. The fraction of sp³-hybridized carbons (Fsp3) is 0.957. The van der Waals surface area contributed by atoms with E-state index in [1.165, 1.54) is 44.9 Å². The summed E-state index contributed by atoms with van der Waals surface area (Å²) in [5.74, 6) is 0. The Morgan fingerprint density at radius 2 is 1.74 bits per heavy atom. The van der Waals surface area contributed by atoms with E-state index in [2.05, 4.69) is 45.3 Å². The Morgan fingerprint density at radius 3 is 2.37 bits per heavy atom. The summed E-state index contributed by atoms with van der Waals surface area (Å²) >= 11 is 0. The minimum absolute atomic E-state index is 0.0845. The van der Waals surface area contributed by atoms with Crippen LogP contribution in [0.3, 0.4) is 0 Å². The zero-order valence-corrected chi connectivity index (χ0v) is 18.8. The SMILES string of the molecule is CCCCCCOC(=O)NCC(C)(CCNC1CCCCC1)CC(C)(C)C. The molecule has 0 saturated heterocycles. The zero-order chi connectivity index (χ0) is 20.2. The Bertz CT molecular complexity index is 400. The number of nitrogens with one attached hydrogen (secondary N) is 2. The van der Waals surface area contributed by atoms with Crippen LogP contribution in [0.2, 0.25) is 0 Å². The Morgan fingerprint density at radius 1 is 1.04 bits per heavy atom. The first kappa shape index (κ1) is 24.3. The van der Waals surface area contributed by atoms with Gasteiger partial charge in [-0.2, -0.15) is 0 Å². The van der Waals surface area contributed by atoms with E-state index in [1.807, 2.05) is 0 Å². The van der Waals surface area contributed by atoms with E-state index in [-0.39, 0.29) is 16.9 Å². The van der Waals surface area contributed by atoms with Crippen molar-refractivity contribution in [3.05, 3.63) is 0 Å². The van der Waals surface area contributed by atoms with Crippen LogP contribution in [0.15, 0.2) is 0 Å². The van der Waals surface area contributed by atoms with Crippen LogP contribution in [0.4, 0.5) is 4.79 Å². The van der Waals surface area contributed by atoms with Gasteiger partial charge in [-0.3, -0.25) is 0 Å². The zero-order valence-electron chi connectivity index (χ0n) is 18.8. The first-order chi connectivity index (χ1) is 12.7. The highest BCUT2D eigenvalue weighted by molar-refractivity contribution is 5.67. The van der Waals surface area contributed by atoms with Gasteiger partial charge >= 0.3 is 6.09 Å². The van der Waals surface area contributed by atoms with Crippen molar-refractivity contribution in [2.45, 2.75) is 111 Å². The molecule has 4 heteroatoms. The molecule has 160 valence electrons. The van der Waals surface area contributed by atoms with Gasteiger partial charge in [-0.1, -0.05) is 73.1 Å². The van der Waals surface area contributed by atoms with E-state index in [0.29, 0.717) is 19.2 Å². The summed E-state index contributed by atoms with van der Waals surface area (Å²) in [6.45, 7) is 13.6. The number of hydrogen-bond acceptors (Lipinski definition) is 3. The second kappa shape index (κ2) is 12.6. The normalized spacial score (nSPS) is 18.1. The van der Waals surface area contributed by atoms with E-state index in [9.17, 15) is 4.79 Å². The van der Waals surface area contributed by atoms with Crippen molar-refractivity contribution in [1.82, 2.24) is 10.6 Å². The summed E-state index contributed by atoms with van der Waals surface area (Å²) in [5.41, 5.74) is 0.326. The average Bonchev–Trinajstić information content (AvgIpc) is 2.59. The molecule has 0 bridgehead atoms. The van der Waals surface area contributed by atoms with Gasteiger partial charge in [0.15, 0.2) is 0 Å². The maximum Gasteiger partial charge on any atom is 0.407 e. The topological polar surface area (TPSA) is 50.4 Å². The molecule has 4 nitrogen and oxygen atoms in total. The third-order valence-corrected chi connectivity index (χ3v) is 5.61. The van der Waals surface area contributed by atoms with E-state index in [1.54, 1.807) is 0 Å². The number of carbonyl (C=O) groups excluding carboxylic acids is 1. The summed E-state index contributed by atoms with van der Waals surface area (Å²) in [5, 5.41) is 6.80. The van der Waals surface area contributed by atoms with Gasteiger partial charge < -0.3 is 15.4 Å². The molecule has 0 aliphatic heterocycles. The number of rotatable bonds is 12. The molecule has 1 unspecified atom stereocenters. The minimum Gasteiger partial charge on any atom is -0.450 e. The molecule has 2 N–H and O–H groups in total. The Hall–Kier alpha value is -0.770. The third kappa shape index (κ3) is 12.3. The Kier molecular flexibility index (Phi) is 11.4. The molecule has 1 aliphatic carbocycles. The second-order valence-corrected chi connectivity index (χ2v) is 10.1. The van der Waals surface area contributed by atoms with Gasteiger partial charge in [0, 0.05) is 12.6 Å². The van der Waals surface area contributed by atoms with Crippen LogP contribution in [-0.2, 0) is 4.74 Å². The summed E-state index contributed by atoms with van der Waals surface area (Å²) in [6.07, 6.45) is 13.2. The highest BCUT2D eigenvalue weighted by Gasteiger charge is 2.30. The maximum absolute atomic E-state index is 12.1. The number of hydrogen-bond donors (Lipinski definition) is 2. The van der Waals surface area contributed by atoms with Crippen LogP contribution >= 0.6 is 0 Å². The predicted octanol–water partition coefficient (Wildman–Crippen LogP) is 6.05. The fourth-order valence-corrected chi connectivity index (χ4v) is 4.43. The van der Waals surface area contributed by atoms with Gasteiger partial charge in [-0.15, -0.1) is 0 Å². The van der Waals surface area contributed by atoms with Crippen molar-refractivity contribution in [1.29, 1.82) is 0 Å². The van der Waals surface area contributed by atoms with E-state index in [4.69, 9.17) is 4.74 Å². The molecule has 0 aromatic rings. The molecule has 0 aromatic carbocycles. The molecular formula is C23H46N2O2. The van der Waals surface area contributed by atoms with Gasteiger partial charge in [-0.05, 0) is 49.5 Å². The summed E-state index contributed by atoms with van der Waals surface area (Å²) < 4.78 is 5.35. The first-order valence-corrected chi connectivity index (χ1v) is 11.4. The summed E-state index contributed by atoms with van der Waals surface area (Å²) in [4.78, 5) is 12.1. The lowest BCUT2D eigenvalue weighted by Crippen LogP contribution is -2.41. The Balaban J connectivity index is 2.38. The van der Waals surface area contributed by atoms with Gasteiger partial charge in [0.25, 0.3) is 0 Å². The first-order valence-electron chi connectivity index (χ1n) is 11.4. The molecule has 1 rings (SSSR count). The number of amides is 1. The lowest BCUT2D eigenvalue weighted by atomic mass is 9.73. The lowest BCUT2D eigenvalue weighted by Gasteiger charge is -2.36. The third-order valence-electron chi connectivity index (χ3n) is 5.61. The number of carbonyl (C=O) groups is 1. The molecule has 1 aliphatic rings. The van der Waals surface area contributed by atoms with Crippen LogP contribution in [0.1, 0.15) is 105 Å². The van der Waals surface area contributed by atoms with Crippen molar-refractivity contribution in [2.75, 3.05) is 19.7 Å². The van der Waals surface area contributed by atoms with Crippen LogP contribution < -0.4 is 10.6 Å². The highest BCUT2D eigenvalue weighted by Crippen LogP contribution is 2.35. The molecule has 1 fully saturated rings. The monoisotopic (exact) mass is 382 g/mol. The van der Waals surface area contributed by atoms with Crippen molar-refractivity contribution < 1.29 is 9.53 Å². The van der Waals surface area contributed by atoms with Crippen molar-refractivity contribution in [3.8, 4) is 0 Å². The Labute approximate surface area is 168 Å². The molecule has 0 radical (unpaired) electrons. The van der Waals surface area contributed by atoms with E-state index in [0.717, 1.165) is 32.2 Å². The van der Waals surface area contributed by atoms with Crippen molar-refractivity contribution >= 4 is 6.09 Å². The molecule has 27 heavy (non-hydrogen) atoms. The predicted molar refractivity (Wildman–Crippen MR) is 115 cm³/mol. The van der Waals surface area contributed by atoms with Gasteiger partial charge in [-0.25, -0.2) is 4.79 Å². The van der Waals surface area contributed by atoms with Crippen LogP contribution in [0.5, 0.6) is 0 Å². The van der Waals surface area contributed by atoms with Crippen molar-refractivity contribution in [3.63, 3.8) is 0 Å². The quantitative estimate of drug-likeness (QED) is 0.404. The second-order valence-electron chi connectivity index (χ2n) is 10.1. The van der Waals surface area contributed by atoms with Gasteiger partial charge in [0.2, 0.25) is 0 Å². The molecule has 1 atom stereocenters. The number of unbranched alkanes of at least 4 members (excludes halogenated alkanes) is 3. The fourth-order valence-electron chi connectivity index (χ4n) is 4.43. The standard InChI is InChI=1S/C23H46N2O2/c1-6-7-8-12-17-27-21(26)25-19-23(5,18-22(2,3)4)15-16-24-20-13-10-9-11-14-20/h20,24H,6-19H2,1-5H3,(H,25,26). The average molecular weight is 383 g/mol. The molecule has 0 spiro atoms. The molecule has 1 saturated carbocycles. The summed E-state index contributed by atoms with van der Waals surface area (Å²) in [6, 6.07) is 0.693. The number of alkyl carbamates (subject to hydrolysis) is 1. The smallest absolute Gasteiger partial charge is 0.407 e. The van der Waals surface area contributed by atoms with Crippen LogP contribution in [-0.4, -0.2) is 31.8 Å². The molecule has 1 amide bonds. The van der Waals surface area contributed by atoms with E-state index < -0.39 is 0 Å². The minimum atomic E-state index is -0.258. The van der Waals surface area contributed by atoms with Gasteiger partial charge in [0.1, 0.15) is 0 Å². The van der Waals surface area contributed by atoms with Gasteiger partial charge in [0.05, 0.1) is 6.61 Å². The van der Waals surface area contributed by atoms with E-state index >= 15 is 0 Å². The maximum atomic E-state index is 12.1. The molecular weight excluding hydrogens is 336 g/mol. The highest BCUT2D eigenvalue weighted by atomic mass is 16.5. The van der Waals surface area contributed by atoms with Crippen LogP contribution in [0.25, 0.3) is 0 Å². The van der Waals surface area contributed by atoms with Crippen LogP contribution in [0, 0.1) is 10.8 Å². The molecule has 0 aromatic heterocycles. The molecule has 0 heterocycles. The lowest BCUT2D eigenvalue weighted by molar-refractivity contribution is 0.126. The van der Waals surface area contributed by atoms with Crippen molar-refractivity contribution in [2.24, 2.45) is 10.8 Å². The number of ether oxygens (including phenoxy) is 1.